The standard InChI is InChI=1S/C22H28N4.4HI/c1-23-17-11-5-6-12-18(17)24(2)21(23)15-9-10-16-22-25(3)19-13-7-8-14-20(19)26(22)4;;;;/h5-8,11-14H,9-10,15-16H2,1-4H3;4*1H/q+2;;;;/p-2. The molecule has 0 aliphatic heterocycles. The highest BCUT2D eigenvalue weighted by molar-refractivity contribution is 14.0. The summed E-state index contributed by atoms with van der Waals surface area (Å²) in [5.41, 5.74) is 5.24. The van der Waals surface area contributed by atoms with Crippen molar-refractivity contribution in [1.29, 1.82) is 0 Å². The number of hydrogen-bond acceptors (Lipinski definition) is 0. The molecule has 0 amide bonds. The highest BCUT2D eigenvalue weighted by Gasteiger charge is 2.21. The van der Waals surface area contributed by atoms with Crippen molar-refractivity contribution in [2.45, 2.75) is 25.7 Å². The number of nitrogens with zero attached hydrogens (tertiary/aromatic N) is 4. The number of aryl methyl sites for hydroxylation is 4. The summed E-state index contributed by atoms with van der Waals surface area (Å²) in [6, 6.07) is 17.3. The van der Waals surface area contributed by atoms with Gasteiger partial charge in [0.1, 0.15) is 0 Å². The van der Waals surface area contributed by atoms with Crippen molar-refractivity contribution in [2.75, 3.05) is 0 Å². The highest BCUT2D eigenvalue weighted by atomic mass is 127. The van der Waals surface area contributed by atoms with Gasteiger partial charge in [-0.3, -0.25) is 0 Å². The number of aromatic nitrogens is 4. The molecule has 2 heterocycles. The molecule has 8 heteroatoms. The molecule has 166 valence electrons. The number of hydrogen-bond donors (Lipinski definition) is 0. The zero-order valence-corrected chi connectivity index (χ0v) is 26.8. The maximum atomic E-state index is 2.34. The largest absolute Gasteiger partial charge is 1.00 e. The number of fused-ring (bicyclic) bond motifs is 2. The van der Waals surface area contributed by atoms with Crippen LogP contribution in [-0.2, 0) is 41.0 Å². The van der Waals surface area contributed by atoms with E-state index in [1.165, 1.54) is 46.6 Å². The first-order chi connectivity index (χ1) is 12.6. The zero-order valence-electron chi connectivity index (χ0n) is 17.8. The number of unbranched alkanes of at least 4 members (excludes halogenated alkanes) is 1. The SMILES string of the molecule is Cn1c(CCCCc2n(C)c3ccccc3[n+]2C)[n+](C)c2ccccc21.I.I.[I-].[I-]. The van der Waals surface area contributed by atoms with Crippen molar-refractivity contribution in [3.63, 3.8) is 0 Å². The molecule has 0 aliphatic rings. The van der Waals surface area contributed by atoms with Crippen LogP contribution in [-0.4, -0.2) is 9.13 Å². The molecule has 0 bridgehead atoms. The Labute approximate surface area is 247 Å². The summed E-state index contributed by atoms with van der Waals surface area (Å²) in [6.45, 7) is 0. The third kappa shape index (κ3) is 5.61. The van der Waals surface area contributed by atoms with Crippen molar-refractivity contribution < 1.29 is 57.1 Å². The van der Waals surface area contributed by atoms with E-state index >= 15 is 0 Å². The van der Waals surface area contributed by atoms with Crippen LogP contribution in [0.4, 0.5) is 0 Å². The minimum Gasteiger partial charge on any atom is -1.00 e. The van der Waals surface area contributed by atoms with E-state index in [9.17, 15) is 0 Å². The molecular formula is C22H30I4N4. The summed E-state index contributed by atoms with van der Waals surface area (Å²) in [5.74, 6) is 2.79. The number of rotatable bonds is 5. The van der Waals surface area contributed by atoms with Gasteiger partial charge in [0.25, 0.3) is 11.6 Å². The van der Waals surface area contributed by atoms with Crippen LogP contribution in [0.3, 0.4) is 0 Å². The fourth-order valence-corrected chi connectivity index (χ4v) is 4.31. The average molecular weight is 858 g/mol. The lowest BCUT2D eigenvalue weighted by Crippen LogP contribution is -3.00. The number of halogens is 4. The van der Waals surface area contributed by atoms with Crippen molar-refractivity contribution >= 4 is 70.0 Å². The molecular weight excluding hydrogens is 828 g/mol. The molecule has 0 spiro atoms. The third-order valence-corrected chi connectivity index (χ3v) is 5.81. The smallest absolute Gasteiger partial charge is 0.256 e. The first-order valence-electron chi connectivity index (χ1n) is 9.44. The second-order valence-electron chi connectivity index (χ2n) is 7.25. The van der Waals surface area contributed by atoms with E-state index in [1.54, 1.807) is 0 Å². The quantitative estimate of drug-likeness (QED) is 0.128. The van der Waals surface area contributed by atoms with Gasteiger partial charge in [-0.2, -0.15) is 0 Å². The molecule has 0 atom stereocenters. The van der Waals surface area contributed by atoms with Gasteiger partial charge in [-0.05, 0) is 37.1 Å². The highest BCUT2D eigenvalue weighted by Crippen LogP contribution is 2.16. The molecule has 0 saturated carbocycles. The summed E-state index contributed by atoms with van der Waals surface area (Å²) in [5, 5.41) is 0. The van der Waals surface area contributed by atoms with Crippen molar-refractivity contribution in [2.24, 2.45) is 28.2 Å². The molecule has 4 nitrogen and oxygen atoms in total. The minimum absolute atomic E-state index is 0. The van der Waals surface area contributed by atoms with Crippen LogP contribution in [0, 0.1) is 0 Å². The summed E-state index contributed by atoms with van der Waals surface area (Å²) >= 11 is 0. The Hall–Kier alpha value is 0.300. The van der Waals surface area contributed by atoms with Gasteiger partial charge in [-0.15, -0.1) is 48.0 Å². The Kier molecular flexibility index (Phi) is 13.2. The third-order valence-electron chi connectivity index (χ3n) is 5.81. The molecule has 0 aliphatic carbocycles. The van der Waals surface area contributed by atoms with Gasteiger partial charge < -0.3 is 48.0 Å². The van der Waals surface area contributed by atoms with E-state index in [0.29, 0.717) is 0 Å². The van der Waals surface area contributed by atoms with Crippen LogP contribution in [0.2, 0.25) is 0 Å². The number of benzene rings is 2. The van der Waals surface area contributed by atoms with Crippen molar-refractivity contribution in [3.8, 4) is 0 Å². The van der Waals surface area contributed by atoms with E-state index in [-0.39, 0.29) is 95.9 Å². The molecule has 2 aromatic carbocycles. The molecule has 4 aromatic rings. The lowest BCUT2D eigenvalue weighted by Gasteiger charge is -2.00. The van der Waals surface area contributed by atoms with Gasteiger partial charge >= 0.3 is 0 Å². The van der Waals surface area contributed by atoms with E-state index in [2.05, 4.69) is 95.0 Å². The first kappa shape index (κ1) is 30.3. The lowest BCUT2D eigenvalue weighted by atomic mass is 10.1. The number of imidazole rings is 2. The van der Waals surface area contributed by atoms with E-state index in [4.69, 9.17) is 0 Å². The van der Waals surface area contributed by atoms with Crippen LogP contribution in [0.1, 0.15) is 24.5 Å². The predicted molar refractivity (Wildman–Crippen MR) is 136 cm³/mol. The van der Waals surface area contributed by atoms with Crippen LogP contribution in [0.5, 0.6) is 0 Å². The Morgan fingerprint density at radius 1 is 0.633 bits per heavy atom. The maximum Gasteiger partial charge on any atom is 0.256 e. The van der Waals surface area contributed by atoms with Gasteiger partial charge in [-0.1, -0.05) is 24.3 Å². The lowest BCUT2D eigenvalue weighted by molar-refractivity contribution is -0.654. The molecule has 0 N–H and O–H groups in total. The van der Waals surface area contributed by atoms with E-state index < -0.39 is 0 Å². The molecule has 0 saturated heterocycles. The molecule has 2 aromatic heterocycles. The first-order valence-corrected chi connectivity index (χ1v) is 9.44. The Morgan fingerprint density at radius 2 is 0.967 bits per heavy atom. The fraction of sp³-hybridized carbons (Fsp3) is 0.364. The maximum absolute atomic E-state index is 2.34. The second kappa shape index (κ2) is 13.1. The molecule has 0 fully saturated rings. The van der Waals surface area contributed by atoms with Gasteiger partial charge in [0, 0.05) is 12.8 Å². The molecule has 4 rings (SSSR count). The molecule has 30 heavy (non-hydrogen) atoms. The minimum atomic E-state index is 0. The summed E-state index contributed by atoms with van der Waals surface area (Å²) in [7, 11) is 8.73. The summed E-state index contributed by atoms with van der Waals surface area (Å²) in [4.78, 5) is 0. The van der Waals surface area contributed by atoms with Crippen LogP contribution in [0.25, 0.3) is 22.1 Å². The van der Waals surface area contributed by atoms with Crippen LogP contribution >= 0.6 is 48.0 Å². The van der Waals surface area contributed by atoms with Crippen LogP contribution in [0.15, 0.2) is 48.5 Å². The van der Waals surface area contributed by atoms with Gasteiger partial charge in [0.15, 0.2) is 22.1 Å². The molecule has 0 radical (unpaired) electrons. The summed E-state index contributed by atoms with van der Waals surface area (Å²) in [6.07, 6.45) is 4.60. The second-order valence-corrected chi connectivity index (χ2v) is 7.25. The number of para-hydroxylation sites is 4. The van der Waals surface area contributed by atoms with Crippen LogP contribution < -0.4 is 57.1 Å². The van der Waals surface area contributed by atoms with Gasteiger partial charge in [0.2, 0.25) is 0 Å². The summed E-state index contributed by atoms with van der Waals surface area (Å²) < 4.78 is 9.36. The predicted octanol–water partition coefficient (Wildman–Crippen LogP) is -1.87. The van der Waals surface area contributed by atoms with Crippen molar-refractivity contribution in [3.05, 3.63) is 60.2 Å². The van der Waals surface area contributed by atoms with E-state index in [0.717, 1.165) is 12.8 Å². The van der Waals surface area contributed by atoms with Crippen molar-refractivity contribution in [1.82, 2.24) is 9.13 Å². The van der Waals surface area contributed by atoms with Gasteiger partial charge in [0.05, 0.1) is 28.2 Å². The van der Waals surface area contributed by atoms with Gasteiger partial charge in [-0.25, -0.2) is 18.3 Å². The normalized spacial score (nSPS) is 10.1. The zero-order chi connectivity index (χ0) is 18.3. The monoisotopic (exact) mass is 858 g/mol. The molecule has 0 unspecified atom stereocenters. The van der Waals surface area contributed by atoms with E-state index in [1.807, 2.05) is 0 Å². The Bertz CT molecular complexity index is 936. The average Bonchev–Trinajstić information content (AvgIpc) is 3.06. The fourth-order valence-electron chi connectivity index (χ4n) is 4.31. The Morgan fingerprint density at radius 3 is 1.30 bits per heavy atom. The Balaban J connectivity index is 0.00000210. The topological polar surface area (TPSA) is 17.6 Å².